The monoisotopic (exact) mass is 368 g/mol. The lowest BCUT2D eigenvalue weighted by atomic mass is 10.1. The molecule has 0 radical (unpaired) electrons. The van der Waals surface area contributed by atoms with E-state index in [9.17, 15) is 9.59 Å². The van der Waals surface area contributed by atoms with E-state index in [0.29, 0.717) is 31.0 Å². The summed E-state index contributed by atoms with van der Waals surface area (Å²) in [4.78, 5) is 25.2. The topological polar surface area (TPSA) is 81.9 Å². The van der Waals surface area contributed by atoms with Gasteiger partial charge in [0.15, 0.2) is 6.61 Å². The van der Waals surface area contributed by atoms with Crippen molar-refractivity contribution in [2.75, 3.05) is 19.7 Å². The normalized spacial score (nSPS) is 14.7. The van der Waals surface area contributed by atoms with Crippen LogP contribution in [-0.4, -0.2) is 42.5 Å². The van der Waals surface area contributed by atoms with Gasteiger partial charge in [0, 0.05) is 18.7 Å². The molecule has 6 nitrogen and oxygen atoms in total. The van der Waals surface area contributed by atoms with Crippen molar-refractivity contribution in [3.63, 3.8) is 0 Å². The van der Waals surface area contributed by atoms with Gasteiger partial charge in [-0.05, 0) is 42.7 Å². The standard InChI is InChI=1S/C21H24N2O4/c22-20(24)15-27-18-8-6-17(7-9-18)21(25)23-12-10-19(11-13-23)26-14-16-4-2-1-3-5-16/h1-9,19H,10-15H2,(H2,22,24). The Morgan fingerprint density at radius 1 is 1.00 bits per heavy atom. The van der Waals surface area contributed by atoms with Crippen LogP contribution in [0.15, 0.2) is 54.6 Å². The summed E-state index contributed by atoms with van der Waals surface area (Å²) in [7, 11) is 0. The van der Waals surface area contributed by atoms with Crippen LogP contribution in [0.4, 0.5) is 0 Å². The molecule has 0 aliphatic carbocycles. The molecule has 142 valence electrons. The Bertz CT molecular complexity index is 754. The van der Waals surface area contributed by atoms with E-state index in [0.717, 1.165) is 18.4 Å². The van der Waals surface area contributed by atoms with Gasteiger partial charge in [-0.15, -0.1) is 0 Å². The minimum absolute atomic E-state index is 0.00189. The zero-order valence-corrected chi connectivity index (χ0v) is 15.2. The third kappa shape index (κ3) is 5.56. The van der Waals surface area contributed by atoms with Crippen molar-refractivity contribution in [2.24, 2.45) is 5.73 Å². The Balaban J connectivity index is 1.46. The van der Waals surface area contributed by atoms with Crippen LogP contribution >= 0.6 is 0 Å². The molecule has 1 heterocycles. The van der Waals surface area contributed by atoms with E-state index in [1.807, 2.05) is 23.1 Å². The first-order chi connectivity index (χ1) is 13.1. The number of rotatable bonds is 7. The van der Waals surface area contributed by atoms with Gasteiger partial charge in [0.1, 0.15) is 5.75 Å². The Hall–Kier alpha value is -2.86. The van der Waals surface area contributed by atoms with Gasteiger partial charge in [-0.3, -0.25) is 9.59 Å². The first-order valence-electron chi connectivity index (χ1n) is 9.08. The van der Waals surface area contributed by atoms with Gasteiger partial charge in [-0.1, -0.05) is 30.3 Å². The van der Waals surface area contributed by atoms with Gasteiger partial charge < -0.3 is 20.1 Å². The predicted octanol–water partition coefficient (Wildman–Crippen LogP) is 2.37. The molecule has 1 saturated heterocycles. The fourth-order valence-corrected chi connectivity index (χ4v) is 3.04. The van der Waals surface area contributed by atoms with E-state index in [4.69, 9.17) is 15.2 Å². The fourth-order valence-electron chi connectivity index (χ4n) is 3.04. The molecule has 2 aromatic rings. The minimum atomic E-state index is -0.535. The maximum absolute atomic E-state index is 12.6. The highest BCUT2D eigenvalue weighted by molar-refractivity contribution is 5.94. The summed E-state index contributed by atoms with van der Waals surface area (Å²) < 4.78 is 11.2. The second-order valence-corrected chi connectivity index (χ2v) is 6.57. The second kappa shape index (κ2) is 9.19. The summed E-state index contributed by atoms with van der Waals surface area (Å²) >= 11 is 0. The number of carbonyl (C=O) groups excluding carboxylic acids is 2. The molecule has 0 saturated carbocycles. The van der Waals surface area contributed by atoms with Crippen LogP contribution in [0.1, 0.15) is 28.8 Å². The number of nitrogens with zero attached hydrogens (tertiary/aromatic N) is 1. The Kier molecular flexibility index (Phi) is 6.44. The molecule has 2 aromatic carbocycles. The summed E-state index contributed by atoms with van der Waals surface area (Å²) in [5.74, 6) is -0.0242. The number of hydrogen-bond acceptors (Lipinski definition) is 4. The van der Waals surface area contributed by atoms with Gasteiger partial charge in [-0.2, -0.15) is 0 Å². The van der Waals surface area contributed by atoms with Crippen molar-refractivity contribution < 1.29 is 19.1 Å². The Morgan fingerprint density at radius 2 is 1.67 bits per heavy atom. The van der Waals surface area contributed by atoms with Gasteiger partial charge in [0.2, 0.25) is 0 Å². The Morgan fingerprint density at radius 3 is 2.30 bits per heavy atom. The summed E-state index contributed by atoms with van der Waals surface area (Å²) in [6.45, 7) is 1.78. The van der Waals surface area contributed by atoms with Crippen molar-refractivity contribution in [3.8, 4) is 5.75 Å². The average molecular weight is 368 g/mol. The summed E-state index contributed by atoms with van der Waals surface area (Å²) in [6, 6.07) is 16.9. The number of likely N-dealkylation sites (tertiary alicyclic amines) is 1. The van der Waals surface area contributed by atoms with Crippen molar-refractivity contribution in [1.82, 2.24) is 4.90 Å². The number of carbonyl (C=O) groups is 2. The first kappa shape index (κ1) is 18.9. The van der Waals surface area contributed by atoms with Crippen molar-refractivity contribution in [3.05, 3.63) is 65.7 Å². The van der Waals surface area contributed by atoms with Gasteiger partial charge in [-0.25, -0.2) is 0 Å². The third-order valence-corrected chi connectivity index (χ3v) is 4.54. The molecule has 2 amide bonds. The number of primary amides is 1. The molecule has 27 heavy (non-hydrogen) atoms. The molecule has 0 unspecified atom stereocenters. The molecular formula is C21H24N2O4. The van der Waals surface area contributed by atoms with Crippen molar-refractivity contribution in [2.45, 2.75) is 25.6 Å². The zero-order chi connectivity index (χ0) is 19.1. The lowest BCUT2D eigenvalue weighted by Crippen LogP contribution is -2.40. The van der Waals surface area contributed by atoms with Gasteiger partial charge in [0.05, 0.1) is 12.7 Å². The molecular weight excluding hydrogens is 344 g/mol. The molecule has 0 atom stereocenters. The third-order valence-electron chi connectivity index (χ3n) is 4.54. The highest BCUT2D eigenvalue weighted by Crippen LogP contribution is 2.19. The van der Waals surface area contributed by atoms with E-state index in [1.165, 1.54) is 0 Å². The van der Waals surface area contributed by atoms with E-state index in [-0.39, 0.29) is 18.6 Å². The zero-order valence-electron chi connectivity index (χ0n) is 15.2. The van der Waals surface area contributed by atoms with E-state index in [2.05, 4.69) is 12.1 Å². The van der Waals surface area contributed by atoms with E-state index >= 15 is 0 Å². The minimum Gasteiger partial charge on any atom is -0.484 e. The number of hydrogen-bond donors (Lipinski definition) is 1. The van der Waals surface area contributed by atoms with E-state index < -0.39 is 5.91 Å². The van der Waals surface area contributed by atoms with Crippen LogP contribution in [-0.2, 0) is 16.1 Å². The predicted molar refractivity (Wildman–Crippen MR) is 101 cm³/mol. The molecule has 2 N–H and O–H groups in total. The largest absolute Gasteiger partial charge is 0.484 e. The Labute approximate surface area is 158 Å². The molecule has 1 aliphatic rings. The molecule has 1 fully saturated rings. The molecule has 0 spiro atoms. The SMILES string of the molecule is NC(=O)COc1ccc(C(=O)N2CCC(OCc3ccccc3)CC2)cc1. The molecule has 3 rings (SSSR count). The highest BCUT2D eigenvalue weighted by Gasteiger charge is 2.24. The van der Waals surface area contributed by atoms with Crippen LogP contribution < -0.4 is 10.5 Å². The van der Waals surface area contributed by atoms with Crippen LogP contribution in [0.2, 0.25) is 0 Å². The summed E-state index contributed by atoms with van der Waals surface area (Å²) in [5, 5.41) is 0. The summed E-state index contributed by atoms with van der Waals surface area (Å²) in [5.41, 5.74) is 6.81. The van der Waals surface area contributed by atoms with E-state index in [1.54, 1.807) is 24.3 Å². The molecule has 6 heteroatoms. The highest BCUT2D eigenvalue weighted by atomic mass is 16.5. The number of amides is 2. The fraction of sp³-hybridized carbons (Fsp3) is 0.333. The van der Waals surface area contributed by atoms with Crippen LogP contribution in [0, 0.1) is 0 Å². The quantitative estimate of drug-likeness (QED) is 0.813. The summed E-state index contributed by atoms with van der Waals surface area (Å²) in [6.07, 6.45) is 1.84. The lowest BCUT2D eigenvalue weighted by molar-refractivity contribution is -0.119. The smallest absolute Gasteiger partial charge is 0.255 e. The van der Waals surface area contributed by atoms with Crippen LogP contribution in [0.3, 0.4) is 0 Å². The maximum Gasteiger partial charge on any atom is 0.255 e. The molecule has 0 aromatic heterocycles. The van der Waals surface area contributed by atoms with Crippen LogP contribution in [0.25, 0.3) is 0 Å². The number of piperidine rings is 1. The molecule has 0 bridgehead atoms. The van der Waals surface area contributed by atoms with Crippen LogP contribution in [0.5, 0.6) is 5.75 Å². The number of ether oxygens (including phenoxy) is 2. The average Bonchev–Trinajstić information content (AvgIpc) is 2.72. The number of nitrogens with two attached hydrogens (primary N) is 1. The second-order valence-electron chi connectivity index (χ2n) is 6.57. The van der Waals surface area contributed by atoms with Gasteiger partial charge in [0.25, 0.3) is 11.8 Å². The first-order valence-corrected chi connectivity index (χ1v) is 9.08. The molecule has 1 aliphatic heterocycles. The van der Waals surface area contributed by atoms with Crippen molar-refractivity contribution in [1.29, 1.82) is 0 Å². The maximum atomic E-state index is 12.6. The van der Waals surface area contributed by atoms with Crippen molar-refractivity contribution >= 4 is 11.8 Å². The van der Waals surface area contributed by atoms with Gasteiger partial charge >= 0.3 is 0 Å². The lowest BCUT2D eigenvalue weighted by Gasteiger charge is -2.32. The number of benzene rings is 2.